The van der Waals surface area contributed by atoms with E-state index in [2.05, 4.69) is 4.72 Å². The third kappa shape index (κ3) is 4.57. The van der Waals surface area contributed by atoms with E-state index in [1.54, 1.807) is 24.3 Å². The molecule has 3 rings (SSSR count). The van der Waals surface area contributed by atoms with E-state index in [0.29, 0.717) is 19.3 Å². The van der Waals surface area contributed by atoms with Gasteiger partial charge in [0.2, 0.25) is 10.0 Å². The zero-order chi connectivity index (χ0) is 19.6. The SMILES string of the molecule is Cc1ccc(S(=O)(=O)NC2CCc3c(ccc(C)c3CCC(=O)O)C2)cc1. The van der Waals surface area contributed by atoms with Gasteiger partial charge in [-0.15, -0.1) is 0 Å². The molecular weight excluding hydrogens is 362 g/mol. The second-order valence-electron chi connectivity index (χ2n) is 7.27. The highest BCUT2D eigenvalue weighted by Crippen LogP contribution is 2.29. The summed E-state index contributed by atoms with van der Waals surface area (Å²) >= 11 is 0. The molecule has 144 valence electrons. The first kappa shape index (κ1) is 19.6. The fourth-order valence-electron chi connectivity index (χ4n) is 3.73. The predicted molar refractivity (Wildman–Crippen MR) is 104 cm³/mol. The molecule has 0 aliphatic heterocycles. The first-order chi connectivity index (χ1) is 12.8. The minimum Gasteiger partial charge on any atom is -0.481 e. The summed E-state index contributed by atoms with van der Waals surface area (Å²) in [4.78, 5) is 11.2. The first-order valence-corrected chi connectivity index (χ1v) is 10.7. The summed E-state index contributed by atoms with van der Waals surface area (Å²) in [6, 6.07) is 10.7. The molecule has 0 aromatic heterocycles. The fourth-order valence-corrected chi connectivity index (χ4v) is 5.00. The van der Waals surface area contributed by atoms with Crippen molar-refractivity contribution in [1.29, 1.82) is 0 Å². The Balaban J connectivity index is 1.77. The number of carboxylic acid groups (broad SMARTS) is 1. The van der Waals surface area contributed by atoms with Gasteiger partial charge in [0.1, 0.15) is 0 Å². The Kier molecular flexibility index (Phi) is 5.67. The maximum atomic E-state index is 12.6. The van der Waals surface area contributed by atoms with Gasteiger partial charge < -0.3 is 5.11 Å². The number of aliphatic carboxylic acids is 1. The molecule has 27 heavy (non-hydrogen) atoms. The molecule has 0 fully saturated rings. The van der Waals surface area contributed by atoms with Crippen LogP contribution in [0.3, 0.4) is 0 Å². The maximum absolute atomic E-state index is 12.6. The van der Waals surface area contributed by atoms with E-state index >= 15 is 0 Å². The highest BCUT2D eigenvalue weighted by Gasteiger charge is 2.26. The molecule has 0 saturated heterocycles. The Hall–Kier alpha value is -2.18. The number of fused-ring (bicyclic) bond motifs is 1. The average Bonchev–Trinajstić information content (AvgIpc) is 2.61. The molecule has 0 radical (unpaired) electrons. The average molecular weight is 388 g/mol. The number of carboxylic acids is 1. The molecule has 2 aromatic rings. The third-order valence-corrected chi connectivity index (χ3v) is 6.75. The minimum absolute atomic E-state index is 0.112. The summed E-state index contributed by atoms with van der Waals surface area (Å²) in [5, 5.41) is 8.99. The lowest BCUT2D eigenvalue weighted by Gasteiger charge is -2.28. The molecule has 2 aromatic carbocycles. The molecule has 0 heterocycles. The van der Waals surface area contributed by atoms with Crippen LogP contribution in [0.1, 0.15) is 40.7 Å². The van der Waals surface area contributed by atoms with Crippen LogP contribution in [0.25, 0.3) is 0 Å². The van der Waals surface area contributed by atoms with E-state index in [4.69, 9.17) is 5.11 Å². The van der Waals surface area contributed by atoms with E-state index in [9.17, 15) is 13.2 Å². The van der Waals surface area contributed by atoms with Crippen LogP contribution in [0.2, 0.25) is 0 Å². The molecule has 1 aliphatic carbocycles. The molecule has 0 bridgehead atoms. The van der Waals surface area contributed by atoms with Crippen LogP contribution in [-0.4, -0.2) is 25.5 Å². The normalized spacial score (nSPS) is 16.7. The van der Waals surface area contributed by atoms with Crippen molar-refractivity contribution < 1.29 is 18.3 Å². The van der Waals surface area contributed by atoms with Crippen molar-refractivity contribution in [3.05, 3.63) is 64.2 Å². The number of benzene rings is 2. The Morgan fingerprint density at radius 1 is 1.15 bits per heavy atom. The maximum Gasteiger partial charge on any atom is 0.303 e. The molecule has 1 aliphatic rings. The molecule has 0 spiro atoms. The number of hydrogen-bond donors (Lipinski definition) is 2. The Bertz CT molecular complexity index is 949. The van der Waals surface area contributed by atoms with Crippen LogP contribution in [0.4, 0.5) is 0 Å². The van der Waals surface area contributed by atoms with Crippen molar-refractivity contribution in [2.75, 3.05) is 0 Å². The summed E-state index contributed by atoms with van der Waals surface area (Å²) in [5.41, 5.74) is 5.54. The zero-order valence-corrected chi connectivity index (χ0v) is 16.5. The standard InChI is InChI=1S/C21H25NO4S/c1-14-3-8-18(9-4-14)27(25,26)22-17-7-10-20-16(13-17)6-5-15(2)19(20)11-12-21(23)24/h3-6,8-9,17,22H,7,10-13H2,1-2H3,(H,23,24). The van der Waals surface area contributed by atoms with Crippen molar-refractivity contribution in [2.24, 2.45) is 0 Å². The van der Waals surface area contributed by atoms with Gasteiger partial charge in [0, 0.05) is 12.5 Å². The van der Waals surface area contributed by atoms with Gasteiger partial charge >= 0.3 is 5.97 Å². The number of hydrogen-bond acceptors (Lipinski definition) is 3. The molecule has 1 atom stereocenters. The Morgan fingerprint density at radius 3 is 2.52 bits per heavy atom. The third-order valence-electron chi connectivity index (χ3n) is 5.21. The van der Waals surface area contributed by atoms with Gasteiger partial charge in [-0.05, 0) is 73.9 Å². The largest absolute Gasteiger partial charge is 0.481 e. The molecule has 6 heteroatoms. The second kappa shape index (κ2) is 7.82. The van der Waals surface area contributed by atoms with Crippen LogP contribution in [0.15, 0.2) is 41.3 Å². The lowest BCUT2D eigenvalue weighted by atomic mass is 9.83. The van der Waals surface area contributed by atoms with Crippen molar-refractivity contribution in [1.82, 2.24) is 4.72 Å². The predicted octanol–water partition coefficient (Wildman–Crippen LogP) is 3.16. The lowest BCUT2D eigenvalue weighted by Crippen LogP contribution is -2.39. The van der Waals surface area contributed by atoms with Crippen LogP contribution < -0.4 is 4.72 Å². The Labute approximate surface area is 160 Å². The summed E-state index contributed by atoms with van der Waals surface area (Å²) in [6.45, 7) is 3.93. The number of carbonyl (C=O) groups is 1. The molecule has 0 saturated carbocycles. The number of rotatable bonds is 6. The molecule has 5 nitrogen and oxygen atoms in total. The van der Waals surface area contributed by atoms with Gasteiger partial charge in [0.15, 0.2) is 0 Å². The quantitative estimate of drug-likeness (QED) is 0.798. The minimum atomic E-state index is -3.55. The van der Waals surface area contributed by atoms with Crippen LogP contribution >= 0.6 is 0 Å². The molecule has 2 N–H and O–H groups in total. The van der Waals surface area contributed by atoms with Crippen LogP contribution in [0.5, 0.6) is 0 Å². The van der Waals surface area contributed by atoms with Crippen molar-refractivity contribution in [3.8, 4) is 0 Å². The Morgan fingerprint density at radius 2 is 1.85 bits per heavy atom. The molecular formula is C21H25NO4S. The zero-order valence-electron chi connectivity index (χ0n) is 15.7. The summed E-state index contributed by atoms with van der Waals surface area (Å²) < 4.78 is 28.1. The van der Waals surface area contributed by atoms with Crippen LogP contribution in [0, 0.1) is 13.8 Å². The van der Waals surface area contributed by atoms with E-state index in [-0.39, 0.29) is 17.4 Å². The fraction of sp³-hybridized carbons (Fsp3) is 0.381. The van der Waals surface area contributed by atoms with Gasteiger partial charge in [0.25, 0.3) is 0 Å². The van der Waals surface area contributed by atoms with E-state index in [1.165, 1.54) is 5.56 Å². The first-order valence-electron chi connectivity index (χ1n) is 9.17. The number of sulfonamides is 1. The van der Waals surface area contributed by atoms with E-state index < -0.39 is 16.0 Å². The molecule has 1 unspecified atom stereocenters. The highest BCUT2D eigenvalue weighted by molar-refractivity contribution is 7.89. The van der Waals surface area contributed by atoms with Gasteiger partial charge in [-0.1, -0.05) is 29.8 Å². The van der Waals surface area contributed by atoms with E-state index in [0.717, 1.165) is 28.7 Å². The van der Waals surface area contributed by atoms with Gasteiger partial charge in [-0.3, -0.25) is 4.79 Å². The topological polar surface area (TPSA) is 83.5 Å². The van der Waals surface area contributed by atoms with Crippen molar-refractivity contribution in [2.45, 2.75) is 56.9 Å². The van der Waals surface area contributed by atoms with Crippen molar-refractivity contribution in [3.63, 3.8) is 0 Å². The molecule has 0 amide bonds. The van der Waals surface area contributed by atoms with Crippen LogP contribution in [-0.2, 0) is 34.1 Å². The van der Waals surface area contributed by atoms with E-state index in [1.807, 2.05) is 26.0 Å². The number of aryl methyl sites for hydroxylation is 2. The monoisotopic (exact) mass is 387 g/mol. The number of nitrogens with one attached hydrogen (secondary N) is 1. The highest BCUT2D eigenvalue weighted by atomic mass is 32.2. The van der Waals surface area contributed by atoms with Gasteiger partial charge in [0.05, 0.1) is 4.90 Å². The van der Waals surface area contributed by atoms with Gasteiger partial charge in [-0.2, -0.15) is 0 Å². The lowest BCUT2D eigenvalue weighted by molar-refractivity contribution is -0.136. The smallest absolute Gasteiger partial charge is 0.303 e. The second-order valence-corrected chi connectivity index (χ2v) is 8.98. The van der Waals surface area contributed by atoms with Gasteiger partial charge in [-0.25, -0.2) is 13.1 Å². The van der Waals surface area contributed by atoms with Crippen molar-refractivity contribution >= 4 is 16.0 Å². The summed E-state index contributed by atoms with van der Waals surface area (Å²) in [5.74, 6) is -0.799. The summed E-state index contributed by atoms with van der Waals surface area (Å²) in [6.07, 6.45) is 2.72. The summed E-state index contributed by atoms with van der Waals surface area (Å²) in [7, 11) is -3.55.